The third-order valence-corrected chi connectivity index (χ3v) is 5.29. The van der Waals surface area contributed by atoms with Gasteiger partial charge in [0.1, 0.15) is 11.9 Å². The smallest absolute Gasteiger partial charge is 0.272 e. The van der Waals surface area contributed by atoms with Crippen molar-refractivity contribution in [1.29, 1.82) is 0 Å². The van der Waals surface area contributed by atoms with Crippen molar-refractivity contribution in [2.75, 3.05) is 13.2 Å². The number of carbonyl (C=O) groups is 1. The zero-order chi connectivity index (χ0) is 18.6. The van der Waals surface area contributed by atoms with Crippen molar-refractivity contribution in [1.82, 2.24) is 15.5 Å². The Morgan fingerprint density at radius 1 is 1.30 bits per heavy atom. The van der Waals surface area contributed by atoms with Gasteiger partial charge in [-0.15, -0.1) is 0 Å². The van der Waals surface area contributed by atoms with E-state index in [2.05, 4.69) is 15.5 Å². The number of hydrogen-bond acceptors (Lipinski definition) is 5. The van der Waals surface area contributed by atoms with E-state index in [1.54, 1.807) is 0 Å². The maximum Gasteiger partial charge on any atom is 0.272 e. The Labute approximate surface area is 158 Å². The van der Waals surface area contributed by atoms with E-state index < -0.39 is 0 Å². The molecule has 0 saturated carbocycles. The van der Waals surface area contributed by atoms with Gasteiger partial charge in [0.2, 0.25) is 0 Å². The van der Waals surface area contributed by atoms with Gasteiger partial charge in [-0.1, -0.05) is 12.1 Å². The second kappa shape index (κ2) is 8.10. The fourth-order valence-electron chi connectivity index (χ4n) is 3.75. The highest BCUT2D eigenvalue weighted by atomic mass is 16.5. The zero-order valence-electron chi connectivity index (χ0n) is 15.2. The van der Waals surface area contributed by atoms with Crippen molar-refractivity contribution in [3.05, 3.63) is 46.8 Å². The summed E-state index contributed by atoms with van der Waals surface area (Å²) >= 11 is 0. The lowest BCUT2D eigenvalue weighted by molar-refractivity contribution is -0.0135. The van der Waals surface area contributed by atoms with E-state index in [1.807, 2.05) is 24.3 Å². The molecule has 2 aliphatic rings. The Hall–Kier alpha value is -2.38. The molecule has 7 nitrogen and oxygen atoms in total. The standard InChI is InChI=1S/C20H25N3O4/c24-11-13-5-7-14(8-6-13)27-18-12-26-10-9-17(18)21-20(25)19-15-3-1-2-4-16(15)22-23-19/h5-8,17-18,24H,1-4,9-12H2,(H,21,25)(H,22,23)/t17-,18-/m1/s1. The van der Waals surface area contributed by atoms with E-state index in [0.717, 1.165) is 42.5 Å². The molecule has 0 spiro atoms. The van der Waals surface area contributed by atoms with E-state index >= 15 is 0 Å². The monoisotopic (exact) mass is 371 g/mol. The van der Waals surface area contributed by atoms with Crippen LogP contribution in [0.25, 0.3) is 0 Å². The normalized spacial score (nSPS) is 22.1. The molecule has 1 saturated heterocycles. The van der Waals surface area contributed by atoms with Crippen LogP contribution in [-0.2, 0) is 24.2 Å². The van der Waals surface area contributed by atoms with E-state index in [4.69, 9.17) is 14.6 Å². The number of hydrogen-bond donors (Lipinski definition) is 3. The second-order valence-corrected chi connectivity index (χ2v) is 7.14. The predicted octanol–water partition coefficient (Wildman–Crippen LogP) is 1.75. The lowest BCUT2D eigenvalue weighted by Crippen LogP contribution is -2.51. The number of H-pyrrole nitrogens is 1. The number of amides is 1. The minimum Gasteiger partial charge on any atom is -0.486 e. The topological polar surface area (TPSA) is 96.5 Å². The molecule has 1 aromatic heterocycles. The summed E-state index contributed by atoms with van der Waals surface area (Å²) in [4.78, 5) is 12.8. The van der Waals surface area contributed by atoms with E-state index in [0.29, 0.717) is 31.1 Å². The third-order valence-electron chi connectivity index (χ3n) is 5.29. The molecule has 2 aromatic rings. The van der Waals surface area contributed by atoms with Crippen LogP contribution in [0.4, 0.5) is 0 Å². The van der Waals surface area contributed by atoms with E-state index in [-0.39, 0.29) is 24.7 Å². The molecule has 0 bridgehead atoms. The Morgan fingerprint density at radius 3 is 2.93 bits per heavy atom. The summed E-state index contributed by atoms with van der Waals surface area (Å²) in [6.45, 7) is 1.01. The molecule has 1 aliphatic carbocycles. The average molecular weight is 371 g/mol. The Morgan fingerprint density at radius 2 is 2.11 bits per heavy atom. The number of aryl methyl sites for hydroxylation is 1. The molecular weight excluding hydrogens is 346 g/mol. The minimum atomic E-state index is -0.266. The van der Waals surface area contributed by atoms with Gasteiger partial charge in [-0.25, -0.2) is 0 Å². The first kappa shape index (κ1) is 18.0. The first-order valence-electron chi connectivity index (χ1n) is 9.56. The van der Waals surface area contributed by atoms with Crippen LogP contribution in [0.3, 0.4) is 0 Å². The maximum atomic E-state index is 12.8. The van der Waals surface area contributed by atoms with Crippen molar-refractivity contribution in [3.8, 4) is 5.75 Å². The van der Waals surface area contributed by atoms with Crippen LogP contribution in [0, 0.1) is 0 Å². The molecule has 7 heteroatoms. The first-order chi connectivity index (χ1) is 13.2. The van der Waals surface area contributed by atoms with Gasteiger partial charge in [-0.3, -0.25) is 9.89 Å². The number of fused-ring (bicyclic) bond motifs is 1. The lowest BCUT2D eigenvalue weighted by Gasteiger charge is -2.32. The Kier molecular flexibility index (Phi) is 5.40. The van der Waals surface area contributed by atoms with Crippen molar-refractivity contribution in [3.63, 3.8) is 0 Å². The molecule has 3 N–H and O–H groups in total. The van der Waals surface area contributed by atoms with Gasteiger partial charge < -0.3 is 19.9 Å². The SMILES string of the molecule is O=C(N[C@@H]1CCOC[C@H]1Oc1ccc(CO)cc1)c1n[nH]c2c1CCCC2. The molecule has 27 heavy (non-hydrogen) atoms. The Balaban J connectivity index is 1.44. The molecule has 0 radical (unpaired) electrons. The minimum absolute atomic E-state index is 0.000508. The van der Waals surface area contributed by atoms with Crippen molar-refractivity contribution >= 4 is 5.91 Å². The predicted molar refractivity (Wildman–Crippen MR) is 98.7 cm³/mol. The van der Waals surface area contributed by atoms with Gasteiger partial charge in [0, 0.05) is 17.9 Å². The highest BCUT2D eigenvalue weighted by Crippen LogP contribution is 2.23. The van der Waals surface area contributed by atoms with Crippen LogP contribution in [0.15, 0.2) is 24.3 Å². The van der Waals surface area contributed by atoms with Crippen molar-refractivity contribution in [2.45, 2.75) is 50.9 Å². The highest BCUT2D eigenvalue weighted by Gasteiger charge is 2.31. The molecular formula is C20H25N3O4. The maximum absolute atomic E-state index is 12.8. The molecule has 0 unspecified atom stereocenters. The quantitative estimate of drug-likeness (QED) is 0.744. The summed E-state index contributed by atoms with van der Waals surface area (Å²) < 4.78 is 11.6. The first-order valence-corrected chi connectivity index (χ1v) is 9.56. The van der Waals surface area contributed by atoms with Gasteiger partial charge in [-0.2, -0.15) is 5.10 Å². The number of nitrogens with one attached hydrogen (secondary N) is 2. The van der Waals surface area contributed by atoms with Crippen molar-refractivity contribution in [2.24, 2.45) is 0 Å². The number of ether oxygens (including phenoxy) is 2. The number of rotatable bonds is 5. The van der Waals surface area contributed by atoms with Gasteiger partial charge in [0.25, 0.3) is 5.91 Å². The van der Waals surface area contributed by atoms with Gasteiger partial charge in [-0.05, 0) is 49.8 Å². The fraction of sp³-hybridized carbons (Fsp3) is 0.500. The molecule has 2 atom stereocenters. The summed E-state index contributed by atoms with van der Waals surface area (Å²) in [7, 11) is 0. The highest BCUT2D eigenvalue weighted by molar-refractivity contribution is 5.94. The molecule has 4 rings (SSSR count). The summed E-state index contributed by atoms with van der Waals surface area (Å²) in [5.74, 6) is 0.546. The lowest BCUT2D eigenvalue weighted by atomic mass is 9.95. The Bertz CT molecular complexity index is 787. The molecule has 1 aliphatic heterocycles. The average Bonchev–Trinajstić information content (AvgIpc) is 3.14. The largest absolute Gasteiger partial charge is 0.486 e. The zero-order valence-corrected chi connectivity index (χ0v) is 15.2. The summed E-state index contributed by atoms with van der Waals surface area (Å²) in [6, 6.07) is 7.15. The summed E-state index contributed by atoms with van der Waals surface area (Å²) in [5, 5.41) is 19.5. The number of aromatic amines is 1. The van der Waals surface area contributed by atoms with Crippen LogP contribution in [-0.4, -0.2) is 46.6 Å². The van der Waals surface area contributed by atoms with Crippen LogP contribution in [0.1, 0.15) is 46.6 Å². The van der Waals surface area contributed by atoms with Crippen LogP contribution < -0.4 is 10.1 Å². The number of aliphatic hydroxyl groups excluding tert-OH is 1. The second-order valence-electron chi connectivity index (χ2n) is 7.14. The molecule has 2 heterocycles. The number of carbonyl (C=O) groups excluding carboxylic acids is 1. The van der Waals surface area contributed by atoms with Gasteiger partial charge in [0.05, 0.1) is 19.3 Å². The molecule has 1 amide bonds. The summed E-state index contributed by atoms with van der Waals surface area (Å²) in [6.07, 6.45) is 4.53. The van der Waals surface area contributed by atoms with Crippen LogP contribution in [0.2, 0.25) is 0 Å². The number of aromatic nitrogens is 2. The fourth-order valence-corrected chi connectivity index (χ4v) is 3.75. The van der Waals surface area contributed by atoms with Crippen LogP contribution in [0.5, 0.6) is 5.75 Å². The number of nitrogens with zero attached hydrogens (tertiary/aromatic N) is 1. The molecule has 1 aromatic carbocycles. The van der Waals surface area contributed by atoms with Crippen LogP contribution >= 0.6 is 0 Å². The van der Waals surface area contributed by atoms with Crippen molar-refractivity contribution < 1.29 is 19.4 Å². The molecule has 1 fully saturated rings. The number of benzene rings is 1. The number of aliphatic hydroxyl groups is 1. The third kappa shape index (κ3) is 3.99. The molecule has 144 valence electrons. The summed E-state index contributed by atoms with van der Waals surface area (Å²) in [5.41, 5.74) is 3.50. The van der Waals surface area contributed by atoms with E-state index in [1.165, 1.54) is 0 Å². The van der Waals surface area contributed by atoms with Gasteiger partial charge >= 0.3 is 0 Å². The van der Waals surface area contributed by atoms with Gasteiger partial charge in [0.15, 0.2) is 5.69 Å². The van der Waals surface area contributed by atoms with E-state index in [9.17, 15) is 4.79 Å².